The molecule has 0 saturated carbocycles. The van der Waals surface area contributed by atoms with Gasteiger partial charge in [-0.1, -0.05) is 41.4 Å². The maximum absolute atomic E-state index is 11.8. The molecule has 26 heavy (non-hydrogen) atoms. The van der Waals surface area contributed by atoms with Gasteiger partial charge in [0.2, 0.25) is 0 Å². The van der Waals surface area contributed by atoms with Crippen molar-refractivity contribution in [2.24, 2.45) is 0 Å². The van der Waals surface area contributed by atoms with E-state index >= 15 is 0 Å². The number of carbonyl (C=O) groups excluding carboxylic acids is 1. The van der Waals surface area contributed by atoms with Crippen molar-refractivity contribution >= 4 is 51.0 Å². The molecule has 2 heterocycles. The molecule has 0 saturated heterocycles. The Kier molecular flexibility index (Phi) is 4.31. The number of para-hydroxylation sites is 1. The summed E-state index contributed by atoms with van der Waals surface area (Å²) in [7, 11) is 1.35. The second-order valence-electron chi connectivity index (χ2n) is 5.92. The van der Waals surface area contributed by atoms with Gasteiger partial charge in [-0.25, -0.2) is 9.78 Å². The van der Waals surface area contributed by atoms with Gasteiger partial charge in [-0.15, -0.1) is 0 Å². The Balaban J connectivity index is 1.95. The summed E-state index contributed by atoms with van der Waals surface area (Å²) in [6.45, 7) is 0.544. The number of aromatic nitrogens is 2. The summed E-state index contributed by atoms with van der Waals surface area (Å²) < 4.78 is 6.91. The average molecular weight is 385 g/mol. The molecule has 0 fully saturated rings. The number of carbonyl (C=O) groups is 1. The Hall–Kier alpha value is -2.56. The molecule has 0 N–H and O–H groups in total. The molecule has 0 atom stereocenters. The van der Waals surface area contributed by atoms with E-state index in [4.69, 9.17) is 27.9 Å². The van der Waals surface area contributed by atoms with Crippen molar-refractivity contribution in [3.8, 4) is 0 Å². The van der Waals surface area contributed by atoms with Gasteiger partial charge in [-0.3, -0.25) is 0 Å². The minimum absolute atomic E-state index is 0.281. The Morgan fingerprint density at radius 1 is 1.08 bits per heavy atom. The summed E-state index contributed by atoms with van der Waals surface area (Å²) in [4.78, 5) is 16.1. The molecule has 4 aromatic rings. The van der Waals surface area contributed by atoms with E-state index < -0.39 is 5.97 Å². The molecule has 0 spiro atoms. The number of rotatable bonds is 3. The molecule has 2 aromatic heterocycles. The van der Waals surface area contributed by atoms with Crippen LogP contribution in [0.25, 0.3) is 21.8 Å². The number of methoxy groups -OCH3 is 1. The molecule has 0 radical (unpaired) electrons. The predicted molar refractivity (Wildman–Crippen MR) is 104 cm³/mol. The van der Waals surface area contributed by atoms with E-state index in [-0.39, 0.29) is 5.69 Å². The lowest BCUT2D eigenvalue weighted by atomic mass is 10.1. The van der Waals surface area contributed by atoms with Gasteiger partial charge in [0.05, 0.1) is 18.8 Å². The number of hydrogen-bond donors (Lipinski definition) is 0. The number of fused-ring (bicyclic) bond motifs is 3. The summed E-state index contributed by atoms with van der Waals surface area (Å²) >= 11 is 12.5. The molecule has 0 aliphatic rings. The standard InChI is InChI=1S/C20H14Cl2N2O2/c1-26-20(25)17-9-15-14-4-2-3-5-18(14)24(19(15)10-23-17)11-12-8-13(21)6-7-16(12)22/h2-10H,11H2,1H3. The fourth-order valence-corrected chi connectivity index (χ4v) is 3.54. The van der Waals surface area contributed by atoms with E-state index in [1.807, 2.05) is 30.3 Å². The van der Waals surface area contributed by atoms with Crippen molar-refractivity contribution in [3.63, 3.8) is 0 Å². The van der Waals surface area contributed by atoms with E-state index in [1.54, 1.807) is 24.4 Å². The van der Waals surface area contributed by atoms with Crippen LogP contribution in [0.2, 0.25) is 10.0 Å². The fraction of sp³-hybridized carbons (Fsp3) is 0.100. The van der Waals surface area contributed by atoms with Crippen molar-refractivity contribution in [2.45, 2.75) is 6.54 Å². The summed E-state index contributed by atoms with van der Waals surface area (Å²) in [6, 6.07) is 15.2. The molecule has 0 amide bonds. The van der Waals surface area contributed by atoms with Crippen molar-refractivity contribution in [1.29, 1.82) is 0 Å². The average Bonchev–Trinajstić information content (AvgIpc) is 2.97. The fourth-order valence-electron chi connectivity index (χ4n) is 3.17. The Labute approximate surface area is 159 Å². The lowest BCUT2D eigenvalue weighted by Crippen LogP contribution is -2.04. The number of hydrogen-bond acceptors (Lipinski definition) is 3. The van der Waals surface area contributed by atoms with Crippen LogP contribution in [-0.4, -0.2) is 22.6 Å². The maximum Gasteiger partial charge on any atom is 0.356 e. The van der Waals surface area contributed by atoms with Crippen LogP contribution in [0.3, 0.4) is 0 Å². The molecule has 0 aliphatic heterocycles. The SMILES string of the molecule is COC(=O)c1cc2c3ccccc3n(Cc3cc(Cl)ccc3Cl)c2cn1. The number of halogens is 2. The topological polar surface area (TPSA) is 44.1 Å². The first-order chi connectivity index (χ1) is 12.6. The number of pyridine rings is 1. The van der Waals surface area contributed by atoms with Gasteiger partial charge in [0.25, 0.3) is 0 Å². The van der Waals surface area contributed by atoms with Gasteiger partial charge in [-0.05, 0) is 35.9 Å². The highest BCUT2D eigenvalue weighted by Crippen LogP contribution is 2.31. The summed E-state index contributed by atoms with van der Waals surface area (Å²) in [5.41, 5.74) is 3.14. The monoisotopic (exact) mass is 384 g/mol. The minimum atomic E-state index is -0.457. The van der Waals surface area contributed by atoms with Gasteiger partial charge in [0.1, 0.15) is 5.69 Å². The zero-order chi connectivity index (χ0) is 18.3. The summed E-state index contributed by atoms with van der Waals surface area (Å²) in [6.07, 6.45) is 1.69. The first-order valence-corrected chi connectivity index (χ1v) is 8.73. The molecule has 2 aromatic carbocycles. The lowest BCUT2D eigenvalue weighted by molar-refractivity contribution is 0.0594. The molecule has 4 nitrogen and oxygen atoms in total. The third kappa shape index (κ3) is 2.81. The van der Waals surface area contributed by atoms with Crippen molar-refractivity contribution in [3.05, 3.63) is 76.0 Å². The normalized spacial score (nSPS) is 11.2. The van der Waals surface area contributed by atoms with E-state index in [0.29, 0.717) is 16.6 Å². The van der Waals surface area contributed by atoms with Crippen LogP contribution >= 0.6 is 23.2 Å². The quantitative estimate of drug-likeness (QED) is 0.448. The molecule has 6 heteroatoms. The van der Waals surface area contributed by atoms with Crippen LogP contribution in [0.1, 0.15) is 16.1 Å². The van der Waals surface area contributed by atoms with E-state index in [1.165, 1.54) is 7.11 Å². The summed E-state index contributed by atoms with van der Waals surface area (Å²) in [5, 5.41) is 3.26. The molecule has 0 bridgehead atoms. The van der Waals surface area contributed by atoms with Gasteiger partial charge in [0, 0.05) is 32.9 Å². The zero-order valence-corrected chi connectivity index (χ0v) is 15.4. The highest BCUT2D eigenvalue weighted by molar-refractivity contribution is 6.33. The molecule has 0 aliphatic carbocycles. The summed E-state index contributed by atoms with van der Waals surface area (Å²) in [5.74, 6) is -0.457. The smallest absolute Gasteiger partial charge is 0.356 e. The van der Waals surface area contributed by atoms with Crippen LogP contribution in [0.4, 0.5) is 0 Å². The molecule has 4 rings (SSSR count). The molecule has 0 unspecified atom stereocenters. The first-order valence-electron chi connectivity index (χ1n) is 7.97. The van der Waals surface area contributed by atoms with Crippen molar-refractivity contribution < 1.29 is 9.53 Å². The molecular weight excluding hydrogens is 371 g/mol. The van der Waals surface area contributed by atoms with E-state index in [2.05, 4.69) is 9.55 Å². The molecular formula is C20H14Cl2N2O2. The van der Waals surface area contributed by atoms with Crippen LogP contribution < -0.4 is 0 Å². The van der Waals surface area contributed by atoms with Crippen LogP contribution in [0.5, 0.6) is 0 Å². The minimum Gasteiger partial charge on any atom is -0.464 e. The molecule has 130 valence electrons. The van der Waals surface area contributed by atoms with Crippen LogP contribution in [-0.2, 0) is 11.3 Å². The van der Waals surface area contributed by atoms with Crippen LogP contribution in [0.15, 0.2) is 54.7 Å². The van der Waals surface area contributed by atoms with Gasteiger partial charge in [0.15, 0.2) is 0 Å². The Morgan fingerprint density at radius 2 is 1.88 bits per heavy atom. The van der Waals surface area contributed by atoms with Gasteiger partial charge < -0.3 is 9.30 Å². The number of ether oxygens (including phenoxy) is 1. The predicted octanol–water partition coefficient (Wildman–Crippen LogP) is 5.33. The van der Waals surface area contributed by atoms with Crippen molar-refractivity contribution in [2.75, 3.05) is 7.11 Å². The van der Waals surface area contributed by atoms with E-state index in [9.17, 15) is 4.79 Å². The number of nitrogens with zero attached hydrogens (tertiary/aromatic N) is 2. The zero-order valence-electron chi connectivity index (χ0n) is 13.9. The maximum atomic E-state index is 11.8. The van der Waals surface area contributed by atoms with E-state index in [0.717, 1.165) is 27.4 Å². The van der Waals surface area contributed by atoms with Gasteiger partial charge in [-0.2, -0.15) is 0 Å². The highest BCUT2D eigenvalue weighted by Gasteiger charge is 2.15. The van der Waals surface area contributed by atoms with Crippen molar-refractivity contribution in [1.82, 2.24) is 9.55 Å². The third-order valence-corrected chi connectivity index (χ3v) is 4.99. The second-order valence-corrected chi connectivity index (χ2v) is 6.76. The van der Waals surface area contributed by atoms with Gasteiger partial charge >= 0.3 is 5.97 Å². The lowest BCUT2D eigenvalue weighted by Gasteiger charge is -2.10. The number of esters is 1. The Morgan fingerprint density at radius 3 is 2.69 bits per heavy atom. The Bertz CT molecular complexity index is 1150. The first kappa shape index (κ1) is 16.9. The second kappa shape index (κ2) is 6.63. The van der Waals surface area contributed by atoms with Crippen LogP contribution in [0, 0.1) is 0 Å². The largest absolute Gasteiger partial charge is 0.464 e. The highest BCUT2D eigenvalue weighted by atomic mass is 35.5. The third-order valence-electron chi connectivity index (χ3n) is 4.39. The number of benzene rings is 2.